The first kappa shape index (κ1) is 13.9. The summed E-state index contributed by atoms with van der Waals surface area (Å²) in [5.74, 6) is 1.99. The molecule has 2 bridgehead atoms. The van der Waals surface area contributed by atoms with E-state index in [0.29, 0.717) is 30.1 Å². The van der Waals surface area contributed by atoms with Gasteiger partial charge in [0.25, 0.3) is 0 Å². The lowest BCUT2D eigenvalue weighted by Crippen LogP contribution is -2.36. The van der Waals surface area contributed by atoms with Crippen LogP contribution in [-0.2, 0) is 19.1 Å². The van der Waals surface area contributed by atoms with E-state index in [9.17, 15) is 9.59 Å². The van der Waals surface area contributed by atoms with Gasteiger partial charge in [-0.05, 0) is 49.9 Å². The molecule has 20 heavy (non-hydrogen) atoms. The summed E-state index contributed by atoms with van der Waals surface area (Å²) in [6, 6.07) is 0. The van der Waals surface area contributed by atoms with Gasteiger partial charge < -0.3 is 9.47 Å². The van der Waals surface area contributed by atoms with E-state index in [4.69, 9.17) is 9.47 Å². The summed E-state index contributed by atoms with van der Waals surface area (Å²) in [6.07, 6.45) is 5.83. The van der Waals surface area contributed by atoms with Gasteiger partial charge in [0.15, 0.2) is 0 Å². The molecule has 0 spiro atoms. The molecule has 3 aliphatic rings. The summed E-state index contributed by atoms with van der Waals surface area (Å²) in [5, 5.41) is 0. The van der Waals surface area contributed by atoms with Crippen LogP contribution in [0.25, 0.3) is 0 Å². The Labute approximate surface area is 120 Å². The molecule has 3 aliphatic carbocycles. The Kier molecular flexibility index (Phi) is 3.74. The van der Waals surface area contributed by atoms with Gasteiger partial charge in [-0.3, -0.25) is 9.59 Å². The molecule has 0 N–H and O–H groups in total. The van der Waals surface area contributed by atoms with Gasteiger partial charge in [0.05, 0.1) is 0 Å². The fourth-order valence-corrected chi connectivity index (χ4v) is 4.92. The molecule has 0 saturated heterocycles. The van der Waals surface area contributed by atoms with Crippen LogP contribution in [0.3, 0.4) is 0 Å². The summed E-state index contributed by atoms with van der Waals surface area (Å²) in [5.41, 5.74) is 0. The van der Waals surface area contributed by atoms with Crippen LogP contribution in [0.1, 0.15) is 52.4 Å². The van der Waals surface area contributed by atoms with Crippen molar-refractivity contribution in [1.82, 2.24) is 0 Å². The standard InChI is InChI=1S/C16H24O4/c1-3-4-15(18)20-13-6-5-11-12-7-10(16(11)13)8-14(12)19-9(2)17/h10-14,16H,3-8H2,1-2H3. The van der Waals surface area contributed by atoms with Gasteiger partial charge >= 0.3 is 11.9 Å². The predicted molar refractivity (Wildman–Crippen MR) is 72.8 cm³/mol. The topological polar surface area (TPSA) is 52.6 Å². The Morgan fingerprint density at radius 3 is 2.55 bits per heavy atom. The molecule has 0 aliphatic heterocycles. The van der Waals surface area contributed by atoms with Gasteiger partial charge in [0, 0.05) is 19.3 Å². The van der Waals surface area contributed by atoms with Crippen LogP contribution in [0.4, 0.5) is 0 Å². The molecule has 6 unspecified atom stereocenters. The molecule has 0 aromatic rings. The maximum absolute atomic E-state index is 11.7. The van der Waals surface area contributed by atoms with Crippen LogP contribution in [-0.4, -0.2) is 24.1 Å². The number of carbonyl (C=O) groups is 2. The second-order valence-electron chi connectivity index (χ2n) is 6.64. The average molecular weight is 280 g/mol. The third kappa shape index (κ3) is 2.33. The van der Waals surface area contributed by atoms with Gasteiger partial charge in [0.2, 0.25) is 0 Å². The Balaban J connectivity index is 1.62. The molecule has 4 heteroatoms. The lowest BCUT2D eigenvalue weighted by molar-refractivity contribution is -0.154. The highest BCUT2D eigenvalue weighted by molar-refractivity contribution is 5.69. The van der Waals surface area contributed by atoms with Crippen LogP contribution in [0.5, 0.6) is 0 Å². The van der Waals surface area contributed by atoms with Crippen LogP contribution in [0, 0.1) is 23.7 Å². The molecule has 6 atom stereocenters. The average Bonchev–Trinajstić information content (AvgIpc) is 3.01. The minimum atomic E-state index is -0.164. The minimum Gasteiger partial charge on any atom is -0.462 e. The van der Waals surface area contributed by atoms with Crippen molar-refractivity contribution in [2.24, 2.45) is 23.7 Å². The van der Waals surface area contributed by atoms with Crippen molar-refractivity contribution in [3.8, 4) is 0 Å². The molecular formula is C16H24O4. The van der Waals surface area contributed by atoms with Crippen molar-refractivity contribution in [3.05, 3.63) is 0 Å². The molecule has 4 nitrogen and oxygen atoms in total. The molecule has 0 heterocycles. The first-order valence-electron chi connectivity index (χ1n) is 7.96. The van der Waals surface area contributed by atoms with Crippen LogP contribution < -0.4 is 0 Å². The molecule has 112 valence electrons. The highest BCUT2D eigenvalue weighted by Crippen LogP contribution is 2.60. The third-order valence-corrected chi connectivity index (χ3v) is 5.44. The zero-order valence-electron chi connectivity index (χ0n) is 12.3. The van der Waals surface area contributed by atoms with E-state index in [-0.39, 0.29) is 24.1 Å². The molecule has 0 aromatic heterocycles. The Morgan fingerprint density at radius 1 is 1.05 bits per heavy atom. The van der Waals surface area contributed by atoms with Gasteiger partial charge in [-0.15, -0.1) is 0 Å². The van der Waals surface area contributed by atoms with E-state index in [0.717, 1.165) is 32.1 Å². The summed E-state index contributed by atoms with van der Waals surface area (Å²) in [4.78, 5) is 22.9. The number of rotatable bonds is 4. The van der Waals surface area contributed by atoms with Crippen LogP contribution in [0.2, 0.25) is 0 Å². The summed E-state index contributed by atoms with van der Waals surface area (Å²) in [7, 11) is 0. The highest BCUT2D eigenvalue weighted by atomic mass is 16.5. The fraction of sp³-hybridized carbons (Fsp3) is 0.875. The Bertz CT molecular complexity index is 405. The first-order chi connectivity index (χ1) is 9.60. The number of hydrogen-bond acceptors (Lipinski definition) is 4. The molecule has 3 fully saturated rings. The zero-order valence-corrected chi connectivity index (χ0v) is 12.3. The second kappa shape index (κ2) is 5.38. The minimum absolute atomic E-state index is 0.0440. The maximum Gasteiger partial charge on any atom is 0.306 e. The number of esters is 2. The van der Waals surface area contributed by atoms with Crippen molar-refractivity contribution < 1.29 is 19.1 Å². The van der Waals surface area contributed by atoms with Crippen LogP contribution in [0.15, 0.2) is 0 Å². The van der Waals surface area contributed by atoms with E-state index in [1.165, 1.54) is 6.92 Å². The van der Waals surface area contributed by atoms with Crippen molar-refractivity contribution in [2.45, 2.75) is 64.6 Å². The Morgan fingerprint density at radius 2 is 1.85 bits per heavy atom. The van der Waals surface area contributed by atoms with Crippen LogP contribution >= 0.6 is 0 Å². The van der Waals surface area contributed by atoms with E-state index in [2.05, 4.69) is 0 Å². The third-order valence-electron chi connectivity index (χ3n) is 5.44. The largest absolute Gasteiger partial charge is 0.462 e. The molecule has 0 aromatic carbocycles. The normalized spacial score (nSPS) is 41.5. The predicted octanol–water partition coefficient (Wildman–Crippen LogP) is 2.70. The highest BCUT2D eigenvalue weighted by Gasteiger charge is 2.59. The van der Waals surface area contributed by atoms with E-state index in [1.807, 2.05) is 6.92 Å². The Hall–Kier alpha value is -1.06. The molecule has 0 radical (unpaired) electrons. The molecule has 3 saturated carbocycles. The molecule has 0 amide bonds. The number of ether oxygens (including phenoxy) is 2. The molecular weight excluding hydrogens is 256 g/mol. The smallest absolute Gasteiger partial charge is 0.306 e. The van der Waals surface area contributed by atoms with Crippen molar-refractivity contribution >= 4 is 11.9 Å². The van der Waals surface area contributed by atoms with Crippen molar-refractivity contribution in [1.29, 1.82) is 0 Å². The maximum atomic E-state index is 11.7. The SMILES string of the molecule is CCCC(=O)OC1CCC2C3CC(CC3OC(C)=O)C12. The first-order valence-corrected chi connectivity index (χ1v) is 7.96. The summed E-state index contributed by atoms with van der Waals surface area (Å²) < 4.78 is 11.1. The van der Waals surface area contributed by atoms with Crippen molar-refractivity contribution in [3.63, 3.8) is 0 Å². The zero-order chi connectivity index (χ0) is 14.3. The van der Waals surface area contributed by atoms with Gasteiger partial charge in [-0.2, -0.15) is 0 Å². The van der Waals surface area contributed by atoms with E-state index < -0.39 is 0 Å². The molecule has 3 rings (SSSR count). The van der Waals surface area contributed by atoms with E-state index >= 15 is 0 Å². The monoisotopic (exact) mass is 280 g/mol. The number of carbonyl (C=O) groups excluding carboxylic acids is 2. The van der Waals surface area contributed by atoms with Gasteiger partial charge in [-0.1, -0.05) is 6.92 Å². The second-order valence-corrected chi connectivity index (χ2v) is 6.64. The number of fused-ring (bicyclic) bond motifs is 5. The lowest BCUT2D eigenvalue weighted by Gasteiger charge is -2.33. The number of hydrogen-bond donors (Lipinski definition) is 0. The lowest BCUT2D eigenvalue weighted by atomic mass is 9.79. The quantitative estimate of drug-likeness (QED) is 0.743. The summed E-state index contributed by atoms with van der Waals surface area (Å²) >= 11 is 0. The van der Waals surface area contributed by atoms with Gasteiger partial charge in [0.1, 0.15) is 12.2 Å². The summed E-state index contributed by atoms with van der Waals surface area (Å²) in [6.45, 7) is 3.49. The fourth-order valence-electron chi connectivity index (χ4n) is 4.92. The van der Waals surface area contributed by atoms with E-state index in [1.54, 1.807) is 0 Å². The van der Waals surface area contributed by atoms with Crippen molar-refractivity contribution in [2.75, 3.05) is 0 Å². The van der Waals surface area contributed by atoms with Gasteiger partial charge in [-0.25, -0.2) is 0 Å².